The molecule has 1 aromatic carbocycles. The van der Waals surface area contributed by atoms with E-state index in [1.165, 1.54) is 23.1 Å². The zero-order valence-electron chi connectivity index (χ0n) is 20.2. The minimum absolute atomic E-state index is 0.0607. The van der Waals surface area contributed by atoms with E-state index in [0.717, 1.165) is 30.0 Å². The van der Waals surface area contributed by atoms with Crippen LogP contribution in [0.2, 0.25) is 0 Å². The van der Waals surface area contributed by atoms with Crippen LogP contribution >= 0.6 is 12.2 Å². The highest BCUT2D eigenvalue weighted by Crippen LogP contribution is 2.48. The van der Waals surface area contributed by atoms with Crippen molar-refractivity contribution >= 4 is 40.4 Å². The van der Waals surface area contributed by atoms with E-state index in [4.69, 9.17) is 17.5 Å². The lowest BCUT2D eigenvalue weighted by Crippen LogP contribution is -2.55. The first-order valence-electron chi connectivity index (χ1n) is 12.0. The Kier molecular flexibility index (Phi) is 7.08. The first-order chi connectivity index (χ1) is 17.5. The highest BCUT2D eigenvalue weighted by molar-refractivity contribution is 7.81. The molecule has 1 aliphatic heterocycles. The standard InChI is InChI=1S/C26H24F4N4O2S/c1-3-4-6-15(2)22(35)18-8-7-16(12-20(18)27)34-24(37)33(23(36)25(34)9-5-10-25)17-11-19(26(28,29)30)21(13-31)32-14-17/h7-8,11-12,14-15H,3-6,9-10H2,1-2H3. The van der Waals surface area contributed by atoms with Crippen molar-refractivity contribution in [3.05, 3.63) is 53.1 Å². The van der Waals surface area contributed by atoms with Gasteiger partial charge in [-0.05, 0) is 62.2 Å². The van der Waals surface area contributed by atoms with Crippen LogP contribution in [-0.4, -0.2) is 27.3 Å². The van der Waals surface area contributed by atoms with Gasteiger partial charge in [-0.25, -0.2) is 9.37 Å². The van der Waals surface area contributed by atoms with Crippen LogP contribution in [-0.2, 0) is 11.0 Å². The molecule has 1 aliphatic carbocycles. The minimum atomic E-state index is -4.87. The number of amides is 1. The maximum atomic E-state index is 15.2. The SMILES string of the molecule is CCCCC(C)C(=O)c1ccc(N2C(=S)N(c3cnc(C#N)c(C(F)(F)F)c3)C(=O)C23CCC3)cc1F. The highest BCUT2D eigenvalue weighted by atomic mass is 32.1. The van der Waals surface area contributed by atoms with E-state index in [2.05, 4.69) is 4.98 Å². The number of ketones is 1. The van der Waals surface area contributed by atoms with E-state index in [0.29, 0.717) is 31.7 Å². The Balaban J connectivity index is 1.72. The lowest BCUT2D eigenvalue weighted by Gasteiger charge is -2.43. The molecule has 0 radical (unpaired) electrons. The van der Waals surface area contributed by atoms with Gasteiger partial charge in [0.05, 0.1) is 23.0 Å². The van der Waals surface area contributed by atoms with Crippen molar-refractivity contribution in [2.24, 2.45) is 5.92 Å². The second-order valence-corrected chi connectivity index (χ2v) is 9.78. The third-order valence-electron chi connectivity index (χ3n) is 7.05. The summed E-state index contributed by atoms with van der Waals surface area (Å²) in [5.41, 5.74) is -3.33. The van der Waals surface area contributed by atoms with Crippen LogP contribution in [0.15, 0.2) is 30.5 Å². The Hall–Kier alpha value is -3.39. The van der Waals surface area contributed by atoms with Gasteiger partial charge in [0, 0.05) is 11.6 Å². The topological polar surface area (TPSA) is 77.3 Å². The van der Waals surface area contributed by atoms with Gasteiger partial charge in [-0.2, -0.15) is 18.4 Å². The van der Waals surface area contributed by atoms with Crippen LogP contribution in [0.1, 0.15) is 74.0 Å². The molecule has 1 unspecified atom stereocenters. The summed E-state index contributed by atoms with van der Waals surface area (Å²) in [6.07, 6.45) is -0.0695. The Morgan fingerprint density at radius 3 is 2.51 bits per heavy atom. The number of anilines is 2. The summed E-state index contributed by atoms with van der Waals surface area (Å²) in [7, 11) is 0. The Labute approximate surface area is 216 Å². The Morgan fingerprint density at radius 1 is 1.27 bits per heavy atom. The smallest absolute Gasteiger partial charge is 0.303 e. The quantitative estimate of drug-likeness (QED) is 0.241. The average Bonchev–Trinajstić information content (AvgIpc) is 3.07. The number of nitriles is 1. The lowest BCUT2D eigenvalue weighted by molar-refractivity contribution is -0.138. The summed E-state index contributed by atoms with van der Waals surface area (Å²) >= 11 is 5.53. The van der Waals surface area contributed by atoms with Gasteiger partial charge in [-0.1, -0.05) is 26.7 Å². The number of rotatable bonds is 7. The molecular formula is C26H24F4N4O2S. The van der Waals surface area contributed by atoms with E-state index < -0.39 is 34.7 Å². The molecule has 1 saturated carbocycles. The molecule has 1 atom stereocenters. The van der Waals surface area contributed by atoms with Crippen molar-refractivity contribution in [3.8, 4) is 6.07 Å². The van der Waals surface area contributed by atoms with E-state index in [-0.39, 0.29) is 33.8 Å². The predicted molar refractivity (Wildman–Crippen MR) is 133 cm³/mol. The fraction of sp³-hybridized carbons (Fsp3) is 0.423. The number of nitrogens with zero attached hydrogens (tertiary/aromatic N) is 4. The molecule has 2 fully saturated rings. The fourth-order valence-corrected chi connectivity index (χ4v) is 5.31. The summed E-state index contributed by atoms with van der Waals surface area (Å²) in [4.78, 5) is 32.3. The highest BCUT2D eigenvalue weighted by Gasteiger charge is 2.60. The molecule has 194 valence electrons. The predicted octanol–water partition coefficient (Wildman–Crippen LogP) is 6.18. The number of thiocarbonyl (C=S) groups is 1. The number of aromatic nitrogens is 1. The summed E-state index contributed by atoms with van der Waals surface area (Å²) < 4.78 is 55.8. The van der Waals surface area contributed by atoms with Gasteiger partial charge in [0.15, 0.2) is 16.6 Å². The van der Waals surface area contributed by atoms with Crippen molar-refractivity contribution in [1.82, 2.24) is 4.98 Å². The molecular weight excluding hydrogens is 508 g/mol. The van der Waals surface area contributed by atoms with E-state index >= 15 is 4.39 Å². The number of alkyl halides is 3. The molecule has 1 spiro atoms. The van der Waals surface area contributed by atoms with Crippen LogP contribution in [0.4, 0.5) is 28.9 Å². The number of benzene rings is 1. The molecule has 0 N–H and O–H groups in total. The summed E-state index contributed by atoms with van der Waals surface area (Å²) in [5, 5.41) is 8.91. The molecule has 0 bridgehead atoms. The van der Waals surface area contributed by atoms with E-state index in [1.54, 1.807) is 6.92 Å². The van der Waals surface area contributed by atoms with Crippen LogP contribution < -0.4 is 9.80 Å². The monoisotopic (exact) mass is 532 g/mol. The van der Waals surface area contributed by atoms with Gasteiger partial charge >= 0.3 is 6.18 Å². The number of pyridine rings is 1. The summed E-state index contributed by atoms with van der Waals surface area (Å²) in [5.74, 6) is -1.97. The molecule has 2 aliphatic rings. The zero-order valence-corrected chi connectivity index (χ0v) is 21.0. The first-order valence-corrected chi connectivity index (χ1v) is 12.4. The summed E-state index contributed by atoms with van der Waals surface area (Å²) in [6.45, 7) is 3.76. The van der Waals surface area contributed by atoms with Crippen molar-refractivity contribution in [3.63, 3.8) is 0 Å². The number of carbonyl (C=O) groups is 2. The molecule has 2 aromatic rings. The fourth-order valence-electron chi connectivity index (χ4n) is 4.84. The van der Waals surface area contributed by atoms with Crippen molar-refractivity contribution in [2.75, 3.05) is 9.80 Å². The molecule has 11 heteroatoms. The normalized spacial score (nSPS) is 17.6. The molecule has 2 heterocycles. The Bertz CT molecular complexity index is 1320. The van der Waals surface area contributed by atoms with Gasteiger partial charge in [0.1, 0.15) is 17.4 Å². The second kappa shape index (κ2) is 9.82. The van der Waals surface area contributed by atoms with Crippen LogP contribution in [0.3, 0.4) is 0 Å². The number of carbonyl (C=O) groups excluding carboxylic acids is 2. The third kappa shape index (κ3) is 4.48. The van der Waals surface area contributed by atoms with Crippen LogP contribution in [0, 0.1) is 23.1 Å². The largest absolute Gasteiger partial charge is 0.419 e. The number of unbranched alkanes of at least 4 members (excludes halogenated alkanes) is 1. The maximum absolute atomic E-state index is 15.2. The number of halogens is 4. The van der Waals surface area contributed by atoms with Gasteiger partial charge in [-0.3, -0.25) is 14.5 Å². The number of hydrogen-bond acceptors (Lipinski definition) is 5. The van der Waals surface area contributed by atoms with Crippen LogP contribution in [0.5, 0.6) is 0 Å². The van der Waals surface area contributed by atoms with Gasteiger partial charge < -0.3 is 4.90 Å². The van der Waals surface area contributed by atoms with E-state index in [9.17, 15) is 22.8 Å². The molecule has 6 nitrogen and oxygen atoms in total. The van der Waals surface area contributed by atoms with E-state index in [1.807, 2.05) is 6.92 Å². The number of hydrogen-bond donors (Lipinski definition) is 0. The molecule has 4 rings (SSSR count). The van der Waals surface area contributed by atoms with Crippen LogP contribution in [0.25, 0.3) is 0 Å². The zero-order chi connectivity index (χ0) is 27.1. The third-order valence-corrected chi connectivity index (χ3v) is 7.42. The van der Waals surface area contributed by atoms with Gasteiger partial charge in [0.25, 0.3) is 5.91 Å². The lowest BCUT2D eigenvalue weighted by atomic mass is 9.75. The molecule has 1 amide bonds. The maximum Gasteiger partial charge on any atom is 0.419 e. The molecule has 37 heavy (non-hydrogen) atoms. The number of Topliss-reactive ketones (excluding diaryl/α,β-unsaturated/α-hetero) is 1. The second-order valence-electron chi connectivity index (χ2n) is 9.41. The Morgan fingerprint density at radius 2 is 1.97 bits per heavy atom. The van der Waals surface area contributed by atoms with Crippen molar-refractivity contribution < 1.29 is 27.2 Å². The van der Waals surface area contributed by atoms with Gasteiger partial charge in [0.2, 0.25) is 0 Å². The summed E-state index contributed by atoms with van der Waals surface area (Å²) in [6, 6.07) is 6.09. The minimum Gasteiger partial charge on any atom is -0.303 e. The van der Waals surface area contributed by atoms with Crippen molar-refractivity contribution in [2.45, 2.75) is 64.1 Å². The first kappa shape index (κ1) is 26.7. The molecule has 1 saturated heterocycles. The van der Waals surface area contributed by atoms with Crippen molar-refractivity contribution in [1.29, 1.82) is 5.26 Å². The average molecular weight is 533 g/mol. The molecule has 1 aromatic heterocycles. The van der Waals surface area contributed by atoms with Gasteiger partial charge in [-0.15, -0.1) is 0 Å².